The molecule has 1 atom stereocenters. The summed E-state index contributed by atoms with van der Waals surface area (Å²) in [6, 6.07) is 6.01. The molecule has 0 unspecified atom stereocenters. The van der Waals surface area contributed by atoms with E-state index in [1.54, 1.807) is 4.90 Å². The van der Waals surface area contributed by atoms with Gasteiger partial charge in [0.05, 0.1) is 16.1 Å². The number of Topliss-reactive ketones (excluding diaryl/α,β-unsaturated/α-hetero) is 1. The molecular weight excluding hydrogens is 504 g/mol. The minimum absolute atomic E-state index is 0.0496. The van der Waals surface area contributed by atoms with Gasteiger partial charge in [0.15, 0.2) is 21.7 Å². The molecule has 1 amide bonds. The number of ether oxygens (including phenoxy) is 1. The first-order chi connectivity index (χ1) is 16.8. The Morgan fingerprint density at radius 1 is 1.06 bits per heavy atom. The fourth-order valence-electron chi connectivity index (χ4n) is 4.28. The van der Waals surface area contributed by atoms with Crippen molar-refractivity contribution in [1.29, 1.82) is 0 Å². The molecule has 2 aromatic rings. The number of rotatable bonds is 5. The largest absolute Gasteiger partial charge is 0.480 e. The lowest BCUT2D eigenvalue weighted by Gasteiger charge is -2.36. The van der Waals surface area contributed by atoms with E-state index in [9.17, 15) is 35.6 Å². The van der Waals surface area contributed by atoms with Crippen molar-refractivity contribution < 1.29 is 40.3 Å². The summed E-state index contributed by atoms with van der Waals surface area (Å²) in [4.78, 5) is 28.1. The van der Waals surface area contributed by atoms with E-state index in [-0.39, 0.29) is 53.9 Å². The SMILES string of the molecule is C[C@@H](Oc1ccc(S(C)(=O)=O)cc1C(=O)N1CCN(c2cc3c(cc2F)CCC3=O)CC1)C(F)(F)F. The van der Waals surface area contributed by atoms with Crippen LogP contribution in [-0.2, 0) is 16.3 Å². The van der Waals surface area contributed by atoms with E-state index >= 15 is 0 Å². The minimum Gasteiger partial charge on any atom is -0.480 e. The molecule has 1 fully saturated rings. The number of alkyl halides is 3. The number of aryl methyl sites for hydroxylation is 1. The smallest absolute Gasteiger partial charge is 0.425 e. The molecule has 1 aliphatic carbocycles. The number of carbonyl (C=O) groups excluding carboxylic acids is 2. The number of amides is 1. The molecule has 194 valence electrons. The van der Waals surface area contributed by atoms with Crippen LogP contribution in [0.15, 0.2) is 35.2 Å². The molecule has 1 heterocycles. The molecule has 7 nitrogen and oxygen atoms in total. The molecule has 2 aliphatic rings. The Morgan fingerprint density at radius 2 is 1.72 bits per heavy atom. The number of halogens is 4. The van der Waals surface area contributed by atoms with Crippen LogP contribution in [0.3, 0.4) is 0 Å². The highest BCUT2D eigenvalue weighted by Crippen LogP contribution is 2.32. The Balaban J connectivity index is 1.56. The number of benzene rings is 2. The average molecular weight is 529 g/mol. The molecule has 0 radical (unpaired) electrons. The number of hydrogen-bond acceptors (Lipinski definition) is 6. The molecule has 4 rings (SSSR count). The third-order valence-electron chi connectivity index (χ3n) is 6.38. The minimum atomic E-state index is -4.69. The lowest BCUT2D eigenvalue weighted by Crippen LogP contribution is -2.49. The summed E-state index contributed by atoms with van der Waals surface area (Å²) in [5.41, 5.74) is 1.10. The number of ketones is 1. The second-order valence-corrected chi connectivity index (χ2v) is 10.9. The summed E-state index contributed by atoms with van der Waals surface area (Å²) in [5, 5.41) is 0. The Morgan fingerprint density at radius 3 is 2.33 bits per heavy atom. The molecule has 0 saturated carbocycles. The molecule has 0 spiro atoms. The van der Waals surface area contributed by atoms with Gasteiger partial charge in [-0.1, -0.05) is 0 Å². The Hall–Kier alpha value is -3.15. The zero-order valence-corrected chi connectivity index (χ0v) is 20.4. The number of fused-ring (bicyclic) bond motifs is 1. The van der Waals surface area contributed by atoms with E-state index in [4.69, 9.17) is 4.74 Å². The van der Waals surface area contributed by atoms with Gasteiger partial charge < -0.3 is 14.5 Å². The first-order valence-electron chi connectivity index (χ1n) is 11.2. The zero-order valence-electron chi connectivity index (χ0n) is 19.6. The highest BCUT2D eigenvalue weighted by molar-refractivity contribution is 7.90. The fourth-order valence-corrected chi connectivity index (χ4v) is 4.93. The van der Waals surface area contributed by atoms with E-state index in [0.717, 1.165) is 31.4 Å². The number of sulfone groups is 1. The summed E-state index contributed by atoms with van der Waals surface area (Å²) in [6.45, 7) is 1.39. The average Bonchev–Trinajstić information content (AvgIpc) is 3.16. The lowest BCUT2D eigenvalue weighted by molar-refractivity contribution is -0.189. The van der Waals surface area contributed by atoms with E-state index in [2.05, 4.69) is 0 Å². The Kier molecular flexibility index (Phi) is 6.76. The van der Waals surface area contributed by atoms with Gasteiger partial charge in [-0.3, -0.25) is 9.59 Å². The van der Waals surface area contributed by atoms with Crippen LogP contribution in [0.1, 0.15) is 39.6 Å². The second kappa shape index (κ2) is 9.38. The predicted octanol–water partition coefficient (Wildman–Crippen LogP) is 3.65. The van der Waals surface area contributed by atoms with Gasteiger partial charge in [0.2, 0.25) is 0 Å². The molecule has 0 N–H and O–H groups in total. The van der Waals surface area contributed by atoms with Crippen molar-refractivity contribution in [2.45, 2.75) is 36.9 Å². The van der Waals surface area contributed by atoms with Gasteiger partial charge in [0.25, 0.3) is 5.91 Å². The highest BCUT2D eigenvalue weighted by Gasteiger charge is 2.39. The van der Waals surface area contributed by atoms with Crippen molar-refractivity contribution in [3.05, 3.63) is 52.8 Å². The third-order valence-corrected chi connectivity index (χ3v) is 7.49. The third kappa shape index (κ3) is 5.18. The molecule has 1 aliphatic heterocycles. The maximum atomic E-state index is 14.7. The van der Waals surface area contributed by atoms with Crippen molar-refractivity contribution in [3.8, 4) is 5.75 Å². The van der Waals surface area contributed by atoms with Gasteiger partial charge in [-0.2, -0.15) is 13.2 Å². The van der Waals surface area contributed by atoms with E-state index in [1.165, 1.54) is 17.0 Å². The summed E-state index contributed by atoms with van der Waals surface area (Å²) in [7, 11) is -3.75. The van der Waals surface area contributed by atoms with Crippen molar-refractivity contribution >= 4 is 27.2 Å². The summed E-state index contributed by atoms with van der Waals surface area (Å²) in [5.74, 6) is -1.61. The summed E-state index contributed by atoms with van der Waals surface area (Å²) >= 11 is 0. The molecule has 0 bridgehead atoms. The number of piperazine rings is 1. The molecule has 1 saturated heterocycles. The first kappa shape index (κ1) is 25.9. The van der Waals surface area contributed by atoms with Gasteiger partial charge in [-0.05, 0) is 49.2 Å². The number of anilines is 1. The molecule has 12 heteroatoms. The van der Waals surface area contributed by atoms with Crippen LogP contribution < -0.4 is 9.64 Å². The van der Waals surface area contributed by atoms with Crippen LogP contribution in [0.4, 0.5) is 23.2 Å². The van der Waals surface area contributed by atoms with Crippen LogP contribution in [0.5, 0.6) is 5.75 Å². The maximum Gasteiger partial charge on any atom is 0.425 e. The monoisotopic (exact) mass is 528 g/mol. The van der Waals surface area contributed by atoms with Gasteiger partial charge in [-0.15, -0.1) is 0 Å². The summed E-state index contributed by atoms with van der Waals surface area (Å²) in [6.07, 6.45) is -5.16. The maximum absolute atomic E-state index is 14.7. The normalized spacial score (nSPS) is 17.2. The number of hydrogen-bond donors (Lipinski definition) is 0. The van der Waals surface area contributed by atoms with Crippen molar-refractivity contribution in [1.82, 2.24) is 4.90 Å². The second-order valence-electron chi connectivity index (χ2n) is 8.90. The van der Waals surface area contributed by atoms with Crippen LogP contribution in [0.2, 0.25) is 0 Å². The zero-order chi connectivity index (χ0) is 26.4. The quantitative estimate of drug-likeness (QED) is 0.551. The topological polar surface area (TPSA) is 84.0 Å². The van der Waals surface area contributed by atoms with Gasteiger partial charge in [0, 0.05) is 44.4 Å². The van der Waals surface area contributed by atoms with Crippen molar-refractivity contribution in [2.75, 3.05) is 37.3 Å². The molecular formula is C24H24F4N2O5S. The Bertz CT molecular complexity index is 1320. The van der Waals surface area contributed by atoms with Gasteiger partial charge in [-0.25, -0.2) is 12.8 Å². The highest BCUT2D eigenvalue weighted by atomic mass is 32.2. The van der Waals surface area contributed by atoms with Gasteiger partial charge >= 0.3 is 6.18 Å². The Labute approximate surface area is 205 Å². The van der Waals surface area contributed by atoms with E-state index < -0.39 is 33.8 Å². The summed E-state index contributed by atoms with van der Waals surface area (Å²) < 4.78 is 82.9. The fraction of sp³-hybridized carbons (Fsp3) is 0.417. The lowest BCUT2D eigenvalue weighted by atomic mass is 10.1. The van der Waals surface area contributed by atoms with Crippen LogP contribution in [0, 0.1) is 5.82 Å². The number of carbonyl (C=O) groups is 2. The molecule has 36 heavy (non-hydrogen) atoms. The first-order valence-corrected chi connectivity index (χ1v) is 13.1. The van der Waals surface area contributed by atoms with E-state index in [0.29, 0.717) is 24.0 Å². The van der Waals surface area contributed by atoms with E-state index in [1.807, 2.05) is 0 Å². The predicted molar refractivity (Wildman–Crippen MR) is 123 cm³/mol. The standard InChI is InChI=1S/C24H24F4N2O5S/c1-14(24(26,27)28)35-22-6-4-16(36(2,33)34)12-18(22)23(32)30-9-7-29(8-10-30)20-13-17-15(11-19(20)25)3-5-21(17)31/h4,6,11-14H,3,5,7-10H2,1-2H3/t14-/m1/s1. The molecule has 2 aromatic carbocycles. The van der Waals surface area contributed by atoms with Gasteiger partial charge in [0.1, 0.15) is 11.6 Å². The van der Waals surface area contributed by atoms with Crippen LogP contribution >= 0.6 is 0 Å². The van der Waals surface area contributed by atoms with Crippen LogP contribution in [-0.4, -0.2) is 69.7 Å². The van der Waals surface area contributed by atoms with Crippen molar-refractivity contribution in [2.24, 2.45) is 0 Å². The molecule has 0 aromatic heterocycles. The van der Waals surface area contributed by atoms with Crippen LogP contribution in [0.25, 0.3) is 0 Å². The number of nitrogens with zero attached hydrogens (tertiary/aromatic N) is 2. The van der Waals surface area contributed by atoms with Crippen molar-refractivity contribution in [3.63, 3.8) is 0 Å².